The molecule has 0 aliphatic carbocycles. The number of alkyl halides is 3. The van der Waals surface area contributed by atoms with Gasteiger partial charge in [0.25, 0.3) is 0 Å². The van der Waals surface area contributed by atoms with Crippen LogP contribution in [0.15, 0.2) is 23.2 Å². The Morgan fingerprint density at radius 2 is 2.12 bits per heavy atom. The number of aliphatic hydroxyl groups is 2. The van der Waals surface area contributed by atoms with E-state index < -0.39 is 36.5 Å². The second-order valence-electron chi connectivity index (χ2n) is 5.36. The zero-order valence-electron chi connectivity index (χ0n) is 12.8. The smallest absolute Gasteiger partial charge is 0.418 e. The number of halogens is 3. The van der Waals surface area contributed by atoms with Gasteiger partial charge in [0, 0.05) is 5.69 Å². The zero-order valence-corrected chi connectivity index (χ0v) is 12.8. The maximum Gasteiger partial charge on any atom is 0.418 e. The minimum Gasteiger partial charge on any atom is -0.458 e. The summed E-state index contributed by atoms with van der Waals surface area (Å²) in [6.07, 6.45) is -5.69. The maximum absolute atomic E-state index is 13.3. The molecule has 0 amide bonds. The Bertz CT molecular complexity index is 644. The number of rotatable bonds is 5. The molecule has 0 bridgehead atoms. The molecule has 2 atom stereocenters. The lowest BCUT2D eigenvalue weighted by Crippen LogP contribution is -2.35. The van der Waals surface area contributed by atoms with E-state index in [9.17, 15) is 23.1 Å². The number of cyclic esters (lactones) is 1. The first kappa shape index (κ1) is 18.2. The number of carbonyl (C=O) groups excluding carboxylic acids is 1. The molecule has 1 heterocycles. The van der Waals surface area contributed by atoms with Crippen molar-refractivity contribution in [1.29, 1.82) is 0 Å². The molecule has 0 radical (unpaired) electrons. The molecule has 1 aromatic rings. The molecular formula is C15H17F3N2O4. The average Bonchev–Trinajstić information content (AvgIpc) is 2.52. The second-order valence-corrected chi connectivity index (χ2v) is 5.36. The Hall–Kier alpha value is -2.13. The minimum absolute atomic E-state index is 0.185. The number of hydrogen-bond donors (Lipinski definition) is 3. The van der Waals surface area contributed by atoms with Gasteiger partial charge in [0.1, 0.15) is 13.2 Å². The Balaban J connectivity index is 2.37. The first-order chi connectivity index (χ1) is 11.2. The first-order valence-corrected chi connectivity index (χ1v) is 7.18. The molecule has 24 heavy (non-hydrogen) atoms. The molecule has 2 rings (SSSR count). The van der Waals surface area contributed by atoms with Crippen LogP contribution < -0.4 is 5.32 Å². The Labute approximate surface area is 136 Å². The molecule has 1 aromatic carbocycles. The number of nitrogens with zero attached hydrogens (tertiary/aromatic N) is 1. The third-order valence-corrected chi connectivity index (χ3v) is 3.55. The van der Waals surface area contributed by atoms with Crippen molar-refractivity contribution in [2.75, 3.05) is 25.1 Å². The molecule has 0 aromatic heterocycles. The van der Waals surface area contributed by atoms with Gasteiger partial charge in [0.05, 0.1) is 30.0 Å². The number of aliphatic hydroxyl groups excluding tert-OH is 2. The third-order valence-electron chi connectivity index (χ3n) is 3.55. The number of hydrogen-bond acceptors (Lipinski definition) is 6. The van der Waals surface area contributed by atoms with E-state index in [0.717, 1.165) is 6.07 Å². The highest BCUT2D eigenvalue weighted by Crippen LogP contribution is 2.36. The van der Waals surface area contributed by atoms with Gasteiger partial charge in [0.15, 0.2) is 0 Å². The summed E-state index contributed by atoms with van der Waals surface area (Å²) in [5, 5.41) is 21.1. The van der Waals surface area contributed by atoms with Crippen molar-refractivity contribution in [2.24, 2.45) is 4.99 Å². The van der Waals surface area contributed by atoms with E-state index in [-0.39, 0.29) is 30.1 Å². The summed E-state index contributed by atoms with van der Waals surface area (Å²) in [4.78, 5) is 14.9. The molecule has 3 N–H and O–H groups in total. The predicted octanol–water partition coefficient (Wildman–Crippen LogP) is 1.20. The summed E-state index contributed by atoms with van der Waals surface area (Å²) in [6, 6.07) is 2.57. The lowest BCUT2D eigenvalue weighted by molar-refractivity contribution is -0.141. The third kappa shape index (κ3) is 4.24. The van der Waals surface area contributed by atoms with Crippen molar-refractivity contribution in [2.45, 2.75) is 25.2 Å². The van der Waals surface area contributed by atoms with Gasteiger partial charge in [-0.15, -0.1) is 0 Å². The van der Waals surface area contributed by atoms with Crippen LogP contribution in [0.5, 0.6) is 0 Å². The summed E-state index contributed by atoms with van der Waals surface area (Å²) >= 11 is 0. The fourth-order valence-corrected chi connectivity index (χ4v) is 2.18. The monoisotopic (exact) mass is 346 g/mol. The second kappa shape index (κ2) is 7.18. The van der Waals surface area contributed by atoms with E-state index in [4.69, 9.17) is 9.84 Å². The molecule has 9 heteroatoms. The number of nitrogens with one attached hydrogen (secondary N) is 1. The highest BCUT2D eigenvalue weighted by Gasteiger charge is 2.35. The van der Waals surface area contributed by atoms with Crippen LogP contribution in [0, 0.1) is 0 Å². The molecule has 0 fully saturated rings. The van der Waals surface area contributed by atoms with E-state index in [1.54, 1.807) is 0 Å². The molecular weight excluding hydrogens is 329 g/mol. The SMILES string of the molecule is C[C@@H](O)[C@@H](CO)Nc1ccc(C2=NCC(=O)OC2)cc1C(F)(F)F. The normalized spacial score (nSPS) is 17.8. The molecule has 0 spiro atoms. The summed E-state index contributed by atoms with van der Waals surface area (Å²) < 4.78 is 44.7. The van der Waals surface area contributed by atoms with Gasteiger partial charge < -0.3 is 20.3 Å². The van der Waals surface area contributed by atoms with E-state index in [1.807, 2.05) is 0 Å². The molecule has 1 aliphatic rings. The molecule has 132 valence electrons. The molecule has 1 aliphatic heterocycles. The van der Waals surface area contributed by atoms with Crippen LogP contribution in [0.4, 0.5) is 18.9 Å². The van der Waals surface area contributed by atoms with Crippen molar-refractivity contribution in [3.63, 3.8) is 0 Å². The van der Waals surface area contributed by atoms with Gasteiger partial charge in [-0.2, -0.15) is 13.2 Å². The highest BCUT2D eigenvalue weighted by atomic mass is 19.4. The number of aliphatic imine (C=N–C) groups is 1. The molecule has 0 saturated carbocycles. The van der Waals surface area contributed by atoms with E-state index in [0.29, 0.717) is 0 Å². The number of benzene rings is 1. The van der Waals surface area contributed by atoms with Crippen LogP contribution in [0.3, 0.4) is 0 Å². The van der Waals surface area contributed by atoms with Crippen LogP contribution in [-0.2, 0) is 15.7 Å². The van der Waals surface area contributed by atoms with Gasteiger partial charge in [-0.3, -0.25) is 9.79 Å². The Kier molecular flexibility index (Phi) is 5.45. The number of ether oxygens (including phenoxy) is 1. The van der Waals surface area contributed by atoms with Crippen LogP contribution in [0.1, 0.15) is 18.1 Å². The lowest BCUT2D eigenvalue weighted by Gasteiger charge is -2.23. The van der Waals surface area contributed by atoms with E-state index >= 15 is 0 Å². The van der Waals surface area contributed by atoms with E-state index in [2.05, 4.69) is 10.3 Å². The fourth-order valence-electron chi connectivity index (χ4n) is 2.18. The Morgan fingerprint density at radius 3 is 2.62 bits per heavy atom. The van der Waals surface area contributed by atoms with Gasteiger partial charge in [-0.25, -0.2) is 0 Å². The quantitative estimate of drug-likeness (QED) is 0.697. The predicted molar refractivity (Wildman–Crippen MR) is 80.0 cm³/mol. The standard InChI is InChI=1S/C15H17F3N2O4/c1-8(22)12(6-21)20-11-3-2-9(4-10(11)15(16,17)18)13-7-24-14(23)5-19-13/h2-4,8,12,20-22H,5-7H2,1H3/t8-,12-/m1/s1. The summed E-state index contributed by atoms with van der Waals surface area (Å²) in [7, 11) is 0. The van der Waals surface area contributed by atoms with Crippen molar-refractivity contribution < 1.29 is 32.9 Å². The molecule has 0 saturated heterocycles. The number of carbonyl (C=O) groups is 1. The topological polar surface area (TPSA) is 91.1 Å². The number of esters is 1. The average molecular weight is 346 g/mol. The maximum atomic E-state index is 13.3. The van der Waals surface area contributed by atoms with Gasteiger partial charge in [0.2, 0.25) is 0 Å². The number of anilines is 1. The van der Waals surface area contributed by atoms with Crippen molar-refractivity contribution >= 4 is 17.4 Å². The Morgan fingerprint density at radius 1 is 1.42 bits per heavy atom. The first-order valence-electron chi connectivity index (χ1n) is 7.18. The van der Waals surface area contributed by atoms with E-state index in [1.165, 1.54) is 19.1 Å². The zero-order chi connectivity index (χ0) is 17.9. The highest BCUT2D eigenvalue weighted by molar-refractivity contribution is 6.04. The van der Waals surface area contributed by atoms with Crippen molar-refractivity contribution in [3.8, 4) is 0 Å². The minimum atomic E-state index is -4.65. The largest absolute Gasteiger partial charge is 0.458 e. The summed E-state index contributed by atoms with van der Waals surface area (Å²) in [6.45, 7) is 0.418. The van der Waals surface area contributed by atoms with Gasteiger partial charge in [-0.1, -0.05) is 6.07 Å². The van der Waals surface area contributed by atoms with Crippen LogP contribution >= 0.6 is 0 Å². The van der Waals surface area contributed by atoms with Gasteiger partial charge in [-0.05, 0) is 24.6 Å². The molecule has 6 nitrogen and oxygen atoms in total. The van der Waals surface area contributed by atoms with Crippen molar-refractivity contribution in [3.05, 3.63) is 29.3 Å². The summed E-state index contributed by atoms with van der Waals surface area (Å²) in [5.74, 6) is -0.532. The lowest BCUT2D eigenvalue weighted by atomic mass is 10.0. The summed E-state index contributed by atoms with van der Waals surface area (Å²) in [5.41, 5.74) is -0.780. The van der Waals surface area contributed by atoms with Crippen molar-refractivity contribution in [1.82, 2.24) is 0 Å². The fraction of sp³-hybridized carbons (Fsp3) is 0.467. The van der Waals surface area contributed by atoms with Crippen LogP contribution in [-0.4, -0.2) is 53.8 Å². The van der Waals surface area contributed by atoms with Gasteiger partial charge >= 0.3 is 12.1 Å². The van der Waals surface area contributed by atoms with Crippen LogP contribution in [0.2, 0.25) is 0 Å². The molecule has 0 unspecified atom stereocenters. The van der Waals surface area contributed by atoms with Crippen LogP contribution in [0.25, 0.3) is 0 Å².